The van der Waals surface area contributed by atoms with Gasteiger partial charge in [0.25, 0.3) is 0 Å². The zero-order valence-corrected chi connectivity index (χ0v) is 17.1. The average molecular weight is 401 g/mol. The summed E-state index contributed by atoms with van der Waals surface area (Å²) in [5.41, 5.74) is 1.29. The summed E-state index contributed by atoms with van der Waals surface area (Å²) in [5.74, 6) is -0.0383. The van der Waals surface area contributed by atoms with Crippen LogP contribution in [-0.2, 0) is 20.8 Å². The van der Waals surface area contributed by atoms with E-state index < -0.39 is 6.04 Å². The van der Waals surface area contributed by atoms with Crippen molar-refractivity contribution >= 4 is 17.7 Å². The Morgan fingerprint density at radius 2 is 1.93 bits per heavy atom. The Hall–Kier alpha value is -2.41. The van der Waals surface area contributed by atoms with E-state index in [1.54, 1.807) is 0 Å². The molecule has 0 aliphatic carbocycles. The molecule has 0 spiro atoms. The van der Waals surface area contributed by atoms with Crippen molar-refractivity contribution in [1.82, 2.24) is 20.4 Å². The van der Waals surface area contributed by atoms with Gasteiger partial charge in [-0.15, -0.1) is 0 Å². The third kappa shape index (κ3) is 6.56. The molecule has 2 saturated heterocycles. The molecule has 3 rings (SSSR count). The van der Waals surface area contributed by atoms with E-state index in [2.05, 4.69) is 27.7 Å². The first kappa shape index (κ1) is 21.3. The van der Waals surface area contributed by atoms with Gasteiger partial charge in [0.15, 0.2) is 0 Å². The number of benzene rings is 1. The van der Waals surface area contributed by atoms with E-state index in [-0.39, 0.29) is 24.1 Å². The highest BCUT2D eigenvalue weighted by molar-refractivity contribution is 5.88. The smallest absolute Gasteiger partial charge is 0.237 e. The van der Waals surface area contributed by atoms with Gasteiger partial charge in [0.1, 0.15) is 0 Å². The van der Waals surface area contributed by atoms with Gasteiger partial charge < -0.3 is 15.5 Å². The SMILES string of the molecule is O=C(CC1C(=O)NCCN1CCCc1ccccc1)NCCN1CCCCC1=O. The fourth-order valence-electron chi connectivity index (χ4n) is 4.06. The van der Waals surface area contributed by atoms with Gasteiger partial charge in [-0.1, -0.05) is 30.3 Å². The molecule has 158 valence electrons. The van der Waals surface area contributed by atoms with Gasteiger partial charge in [-0.3, -0.25) is 19.3 Å². The highest BCUT2D eigenvalue weighted by Gasteiger charge is 2.31. The van der Waals surface area contributed by atoms with Crippen LogP contribution in [0.4, 0.5) is 0 Å². The topological polar surface area (TPSA) is 81.8 Å². The molecule has 29 heavy (non-hydrogen) atoms. The van der Waals surface area contributed by atoms with E-state index in [4.69, 9.17) is 0 Å². The Bertz CT molecular complexity index is 695. The average Bonchev–Trinajstić information content (AvgIpc) is 2.72. The molecule has 2 fully saturated rings. The lowest BCUT2D eigenvalue weighted by Crippen LogP contribution is -2.56. The van der Waals surface area contributed by atoms with Crippen LogP contribution in [-0.4, -0.2) is 72.8 Å². The minimum atomic E-state index is -0.420. The van der Waals surface area contributed by atoms with Gasteiger partial charge in [-0.05, 0) is 37.8 Å². The Morgan fingerprint density at radius 1 is 1.10 bits per heavy atom. The van der Waals surface area contributed by atoms with Crippen LogP contribution in [0.2, 0.25) is 0 Å². The highest BCUT2D eigenvalue weighted by Crippen LogP contribution is 2.12. The van der Waals surface area contributed by atoms with Crippen molar-refractivity contribution in [2.75, 3.05) is 39.3 Å². The Labute approximate surface area is 172 Å². The number of likely N-dealkylation sites (tertiary alicyclic amines) is 1. The first-order valence-electron chi connectivity index (χ1n) is 10.7. The Morgan fingerprint density at radius 3 is 2.72 bits per heavy atom. The first-order valence-corrected chi connectivity index (χ1v) is 10.7. The zero-order valence-electron chi connectivity index (χ0n) is 17.1. The summed E-state index contributed by atoms with van der Waals surface area (Å²) in [6.45, 7) is 3.94. The monoisotopic (exact) mass is 400 g/mol. The van der Waals surface area contributed by atoms with Gasteiger partial charge >= 0.3 is 0 Å². The largest absolute Gasteiger partial charge is 0.354 e. The van der Waals surface area contributed by atoms with Crippen LogP contribution in [0.15, 0.2) is 30.3 Å². The standard InChI is InChI=1S/C22H32N4O3/c27-20(23-11-16-26-13-5-4-10-21(26)28)17-19-22(29)24-12-15-25(19)14-6-9-18-7-2-1-3-8-18/h1-3,7-8,19H,4-6,9-17H2,(H,23,27)(H,24,29). The number of nitrogens with one attached hydrogen (secondary N) is 2. The number of piperazine rings is 1. The van der Waals surface area contributed by atoms with E-state index in [9.17, 15) is 14.4 Å². The number of carbonyl (C=O) groups is 3. The lowest BCUT2D eigenvalue weighted by molar-refractivity contribution is -0.134. The van der Waals surface area contributed by atoms with Crippen LogP contribution in [0.3, 0.4) is 0 Å². The molecule has 7 nitrogen and oxygen atoms in total. The summed E-state index contributed by atoms with van der Waals surface area (Å²) in [4.78, 5) is 40.5. The maximum absolute atomic E-state index is 12.4. The van der Waals surface area contributed by atoms with Crippen LogP contribution < -0.4 is 10.6 Å². The first-order chi connectivity index (χ1) is 14.1. The van der Waals surface area contributed by atoms with Crippen LogP contribution >= 0.6 is 0 Å². The van der Waals surface area contributed by atoms with Gasteiger partial charge in [0.05, 0.1) is 12.5 Å². The summed E-state index contributed by atoms with van der Waals surface area (Å²) < 4.78 is 0. The summed E-state index contributed by atoms with van der Waals surface area (Å²) in [6, 6.07) is 9.88. The normalized spacial score (nSPS) is 20.4. The molecular formula is C22H32N4O3. The third-order valence-electron chi connectivity index (χ3n) is 5.70. The second-order valence-corrected chi connectivity index (χ2v) is 7.82. The van der Waals surface area contributed by atoms with Crippen molar-refractivity contribution in [3.8, 4) is 0 Å². The van der Waals surface area contributed by atoms with Crippen molar-refractivity contribution < 1.29 is 14.4 Å². The molecule has 7 heteroatoms. The number of piperidine rings is 1. The van der Waals surface area contributed by atoms with E-state index in [0.717, 1.165) is 45.3 Å². The van der Waals surface area contributed by atoms with E-state index in [1.165, 1.54) is 5.56 Å². The quantitative estimate of drug-likeness (QED) is 0.646. The molecule has 0 radical (unpaired) electrons. The fraction of sp³-hybridized carbons (Fsp3) is 0.591. The van der Waals surface area contributed by atoms with Gasteiger partial charge in [-0.2, -0.15) is 0 Å². The molecular weight excluding hydrogens is 368 g/mol. The molecule has 1 aromatic carbocycles. The molecule has 0 bridgehead atoms. The van der Waals surface area contributed by atoms with Crippen LogP contribution in [0.25, 0.3) is 0 Å². The third-order valence-corrected chi connectivity index (χ3v) is 5.70. The maximum atomic E-state index is 12.4. The van der Waals surface area contributed by atoms with E-state index in [0.29, 0.717) is 26.1 Å². The summed E-state index contributed by atoms with van der Waals surface area (Å²) in [6.07, 6.45) is 4.66. The Kier molecular flexibility index (Phi) is 8.04. The number of amides is 3. The molecule has 2 heterocycles. The number of carbonyl (C=O) groups excluding carboxylic acids is 3. The van der Waals surface area contributed by atoms with Gasteiger partial charge in [0, 0.05) is 39.1 Å². The van der Waals surface area contributed by atoms with Gasteiger partial charge in [0.2, 0.25) is 17.7 Å². The lowest BCUT2D eigenvalue weighted by atomic mass is 10.1. The second kappa shape index (κ2) is 11.0. The second-order valence-electron chi connectivity index (χ2n) is 7.82. The molecule has 1 atom stereocenters. The van der Waals surface area contributed by atoms with Gasteiger partial charge in [-0.25, -0.2) is 0 Å². The number of nitrogens with zero attached hydrogens (tertiary/aromatic N) is 2. The molecule has 2 aliphatic rings. The zero-order chi connectivity index (χ0) is 20.5. The van der Waals surface area contributed by atoms with Crippen LogP contribution in [0, 0.1) is 0 Å². The Balaban J connectivity index is 1.42. The minimum Gasteiger partial charge on any atom is -0.354 e. The number of hydrogen-bond donors (Lipinski definition) is 2. The van der Waals surface area contributed by atoms with E-state index >= 15 is 0 Å². The van der Waals surface area contributed by atoms with Crippen molar-refractivity contribution in [2.45, 2.75) is 44.6 Å². The van der Waals surface area contributed by atoms with Crippen LogP contribution in [0.5, 0.6) is 0 Å². The molecule has 2 N–H and O–H groups in total. The molecule has 0 aromatic heterocycles. The van der Waals surface area contributed by atoms with Crippen molar-refractivity contribution in [1.29, 1.82) is 0 Å². The van der Waals surface area contributed by atoms with Crippen molar-refractivity contribution in [2.24, 2.45) is 0 Å². The van der Waals surface area contributed by atoms with Crippen molar-refractivity contribution in [3.63, 3.8) is 0 Å². The summed E-state index contributed by atoms with van der Waals surface area (Å²) >= 11 is 0. The molecule has 2 aliphatic heterocycles. The summed E-state index contributed by atoms with van der Waals surface area (Å²) in [7, 11) is 0. The molecule has 1 aromatic rings. The molecule has 3 amide bonds. The van der Waals surface area contributed by atoms with E-state index in [1.807, 2.05) is 23.1 Å². The van der Waals surface area contributed by atoms with Crippen molar-refractivity contribution in [3.05, 3.63) is 35.9 Å². The highest BCUT2D eigenvalue weighted by atomic mass is 16.2. The minimum absolute atomic E-state index is 0.0719. The fourth-order valence-corrected chi connectivity index (χ4v) is 4.06. The molecule has 0 saturated carbocycles. The summed E-state index contributed by atoms with van der Waals surface area (Å²) in [5, 5.41) is 5.76. The predicted octanol–water partition coefficient (Wildman–Crippen LogP) is 0.938. The lowest BCUT2D eigenvalue weighted by Gasteiger charge is -2.34. The van der Waals surface area contributed by atoms with Crippen LogP contribution in [0.1, 0.15) is 37.7 Å². The maximum Gasteiger partial charge on any atom is 0.237 e. The number of hydrogen-bond acceptors (Lipinski definition) is 4. The number of rotatable bonds is 9. The number of aryl methyl sites for hydroxylation is 1. The predicted molar refractivity (Wildman–Crippen MR) is 111 cm³/mol. The molecule has 1 unspecified atom stereocenters.